The van der Waals surface area contributed by atoms with E-state index in [4.69, 9.17) is 0 Å². The summed E-state index contributed by atoms with van der Waals surface area (Å²) in [4.78, 5) is 27.6. The van der Waals surface area contributed by atoms with Gasteiger partial charge in [0, 0.05) is 23.8 Å². The fourth-order valence-electron chi connectivity index (χ4n) is 3.81. The molecule has 7 nitrogen and oxygen atoms in total. The predicted molar refractivity (Wildman–Crippen MR) is 125 cm³/mol. The van der Waals surface area contributed by atoms with Crippen LogP contribution in [0.25, 0.3) is 0 Å². The van der Waals surface area contributed by atoms with Crippen molar-refractivity contribution in [3.8, 4) is 0 Å². The van der Waals surface area contributed by atoms with E-state index in [1.54, 1.807) is 42.2 Å². The summed E-state index contributed by atoms with van der Waals surface area (Å²) in [6.07, 6.45) is 2.19. The molecule has 32 heavy (non-hydrogen) atoms. The Morgan fingerprint density at radius 2 is 1.91 bits per heavy atom. The van der Waals surface area contributed by atoms with E-state index in [9.17, 15) is 18.0 Å². The molecule has 3 rings (SSSR count). The van der Waals surface area contributed by atoms with Gasteiger partial charge in [-0.3, -0.25) is 14.3 Å². The monoisotopic (exact) mass is 457 g/mol. The van der Waals surface area contributed by atoms with E-state index in [1.807, 2.05) is 26.8 Å². The zero-order valence-corrected chi connectivity index (χ0v) is 19.8. The lowest BCUT2D eigenvalue weighted by Gasteiger charge is -2.25. The van der Waals surface area contributed by atoms with Crippen LogP contribution in [0.4, 0.5) is 5.69 Å². The van der Waals surface area contributed by atoms with Crippen molar-refractivity contribution in [2.45, 2.75) is 63.9 Å². The summed E-state index contributed by atoms with van der Waals surface area (Å²) in [5.41, 5.74) is 2.13. The SMILES string of the molecule is CC[C@@H](C)NC(=O)[C@H]1CCCN1C(=O)c1cccc(NS(=O)(=O)c2cc(C)ccc2C)c1. The van der Waals surface area contributed by atoms with E-state index in [0.717, 1.165) is 18.4 Å². The third-order valence-corrected chi connectivity index (χ3v) is 7.34. The molecule has 1 saturated heterocycles. The molecule has 1 heterocycles. The second kappa shape index (κ2) is 9.73. The Bertz CT molecular complexity index is 1110. The molecule has 2 atom stereocenters. The Labute approximate surface area is 190 Å². The maximum atomic E-state index is 13.2. The van der Waals surface area contributed by atoms with Crippen molar-refractivity contribution < 1.29 is 18.0 Å². The number of aryl methyl sites for hydroxylation is 2. The molecule has 0 aromatic heterocycles. The second-order valence-electron chi connectivity index (χ2n) is 8.43. The topological polar surface area (TPSA) is 95.6 Å². The summed E-state index contributed by atoms with van der Waals surface area (Å²) in [6, 6.07) is 11.2. The van der Waals surface area contributed by atoms with Gasteiger partial charge in [0.15, 0.2) is 0 Å². The molecule has 1 aliphatic heterocycles. The molecule has 2 amide bonds. The first-order valence-electron chi connectivity index (χ1n) is 10.9. The number of anilines is 1. The van der Waals surface area contributed by atoms with Gasteiger partial charge in [-0.1, -0.05) is 25.1 Å². The molecular weight excluding hydrogens is 426 g/mol. The van der Waals surface area contributed by atoms with Crippen LogP contribution in [0.15, 0.2) is 47.4 Å². The van der Waals surface area contributed by atoms with Crippen molar-refractivity contribution in [1.29, 1.82) is 0 Å². The largest absolute Gasteiger partial charge is 0.352 e. The third kappa shape index (κ3) is 5.30. The Kier molecular flexibility index (Phi) is 7.23. The van der Waals surface area contributed by atoms with Crippen LogP contribution in [-0.2, 0) is 14.8 Å². The van der Waals surface area contributed by atoms with Crippen LogP contribution in [0.5, 0.6) is 0 Å². The number of amides is 2. The molecule has 0 bridgehead atoms. The van der Waals surface area contributed by atoms with Crippen molar-refractivity contribution in [2.24, 2.45) is 0 Å². The molecule has 1 fully saturated rings. The first-order valence-corrected chi connectivity index (χ1v) is 12.4. The lowest BCUT2D eigenvalue weighted by molar-refractivity contribution is -0.125. The van der Waals surface area contributed by atoms with Gasteiger partial charge >= 0.3 is 0 Å². The van der Waals surface area contributed by atoms with Gasteiger partial charge in [-0.05, 0) is 75.4 Å². The minimum atomic E-state index is -3.81. The lowest BCUT2D eigenvalue weighted by Crippen LogP contribution is -2.48. The lowest BCUT2D eigenvalue weighted by atomic mass is 10.1. The number of sulfonamides is 1. The van der Waals surface area contributed by atoms with E-state index in [1.165, 1.54) is 6.07 Å². The number of nitrogens with zero attached hydrogens (tertiary/aromatic N) is 1. The first kappa shape index (κ1) is 23.8. The number of carbonyl (C=O) groups excluding carboxylic acids is 2. The van der Waals surface area contributed by atoms with Crippen LogP contribution < -0.4 is 10.0 Å². The molecule has 172 valence electrons. The van der Waals surface area contributed by atoms with Crippen LogP contribution in [-0.4, -0.2) is 43.8 Å². The van der Waals surface area contributed by atoms with Gasteiger partial charge in [0.05, 0.1) is 4.90 Å². The highest BCUT2D eigenvalue weighted by Crippen LogP contribution is 2.24. The molecule has 2 N–H and O–H groups in total. The molecule has 2 aromatic carbocycles. The van der Waals surface area contributed by atoms with Crippen LogP contribution in [0.3, 0.4) is 0 Å². The van der Waals surface area contributed by atoms with Crippen LogP contribution in [0.1, 0.15) is 54.6 Å². The summed E-state index contributed by atoms with van der Waals surface area (Å²) in [7, 11) is -3.81. The Balaban J connectivity index is 1.80. The summed E-state index contributed by atoms with van der Waals surface area (Å²) >= 11 is 0. The number of rotatable bonds is 7. The van der Waals surface area contributed by atoms with E-state index in [2.05, 4.69) is 10.0 Å². The van der Waals surface area contributed by atoms with Gasteiger partial charge < -0.3 is 10.2 Å². The average molecular weight is 458 g/mol. The molecule has 1 aliphatic rings. The second-order valence-corrected chi connectivity index (χ2v) is 10.1. The highest BCUT2D eigenvalue weighted by atomic mass is 32.2. The molecule has 2 aromatic rings. The van der Waals surface area contributed by atoms with Gasteiger partial charge in [0.1, 0.15) is 6.04 Å². The Morgan fingerprint density at radius 3 is 2.62 bits per heavy atom. The van der Waals surface area contributed by atoms with Gasteiger partial charge in [0.2, 0.25) is 5.91 Å². The van der Waals surface area contributed by atoms with Gasteiger partial charge in [-0.25, -0.2) is 8.42 Å². The van der Waals surface area contributed by atoms with Crippen LogP contribution in [0.2, 0.25) is 0 Å². The predicted octanol–water partition coefficient (Wildman–Crippen LogP) is 3.62. The summed E-state index contributed by atoms with van der Waals surface area (Å²) in [5.74, 6) is -0.420. The minimum absolute atomic E-state index is 0.0443. The fourth-order valence-corrected chi connectivity index (χ4v) is 5.19. The van der Waals surface area contributed by atoms with Gasteiger partial charge in [-0.15, -0.1) is 0 Å². The maximum absolute atomic E-state index is 13.2. The summed E-state index contributed by atoms with van der Waals surface area (Å²) < 4.78 is 28.4. The molecule has 0 unspecified atom stereocenters. The zero-order chi connectivity index (χ0) is 23.5. The molecule has 0 radical (unpaired) electrons. The number of nitrogens with one attached hydrogen (secondary N) is 2. The highest BCUT2D eigenvalue weighted by molar-refractivity contribution is 7.92. The Morgan fingerprint density at radius 1 is 1.16 bits per heavy atom. The number of carbonyl (C=O) groups is 2. The third-order valence-electron chi connectivity index (χ3n) is 5.81. The quantitative estimate of drug-likeness (QED) is 0.664. The molecule has 0 spiro atoms. The number of hydrogen-bond donors (Lipinski definition) is 2. The van der Waals surface area contributed by atoms with Crippen molar-refractivity contribution in [2.75, 3.05) is 11.3 Å². The maximum Gasteiger partial charge on any atom is 0.262 e. The smallest absolute Gasteiger partial charge is 0.262 e. The molecule has 8 heteroatoms. The summed E-state index contributed by atoms with van der Waals surface area (Å²) in [6.45, 7) is 8.00. The fraction of sp³-hybridized carbons (Fsp3) is 0.417. The van der Waals surface area contributed by atoms with Crippen LogP contribution in [0, 0.1) is 13.8 Å². The van der Waals surface area contributed by atoms with Crippen molar-refractivity contribution in [1.82, 2.24) is 10.2 Å². The molecule has 0 aliphatic carbocycles. The normalized spacial score (nSPS) is 17.1. The van der Waals surface area contributed by atoms with E-state index in [-0.39, 0.29) is 22.8 Å². The van der Waals surface area contributed by atoms with E-state index >= 15 is 0 Å². The van der Waals surface area contributed by atoms with Crippen molar-refractivity contribution in [3.63, 3.8) is 0 Å². The van der Waals surface area contributed by atoms with E-state index in [0.29, 0.717) is 29.8 Å². The van der Waals surface area contributed by atoms with Gasteiger partial charge in [0.25, 0.3) is 15.9 Å². The standard InChI is InChI=1S/C24H31N3O4S/c1-5-18(4)25-23(28)21-10-7-13-27(21)24(29)19-8-6-9-20(15-19)26-32(30,31)22-14-16(2)11-12-17(22)3/h6,8-9,11-12,14-15,18,21,26H,5,7,10,13H2,1-4H3,(H,25,28)/t18-,21-/m1/s1. The van der Waals surface area contributed by atoms with Crippen molar-refractivity contribution >= 4 is 27.5 Å². The van der Waals surface area contributed by atoms with Crippen LogP contribution >= 0.6 is 0 Å². The molecular formula is C24H31N3O4S. The number of benzene rings is 2. The first-order chi connectivity index (χ1) is 15.1. The van der Waals surface area contributed by atoms with E-state index < -0.39 is 16.1 Å². The molecule has 0 saturated carbocycles. The zero-order valence-electron chi connectivity index (χ0n) is 19.0. The van der Waals surface area contributed by atoms with Gasteiger partial charge in [-0.2, -0.15) is 0 Å². The Hall–Kier alpha value is -2.87. The summed E-state index contributed by atoms with van der Waals surface area (Å²) in [5, 5.41) is 2.95. The number of likely N-dealkylation sites (tertiary alicyclic amines) is 1. The average Bonchev–Trinajstić information content (AvgIpc) is 3.24. The van der Waals surface area contributed by atoms with Crippen molar-refractivity contribution in [3.05, 3.63) is 59.2 Å². The highest BCUT2D eigenvalue weighted by Gasteiger charge is 2.35. The number of hydrogen-bond acceptors (Lipinski definition) is 4. The minimum Gasteiger partial charge on any atom is -0.352 e.